The Morgan fingerprint density at radius 2 is 1.78 bits per heavy atom. The van der Waals surface area contributed by atoms with Gasteiger partial charge in [0.2, 0.25) is 5.91 Å². The molecule has 0 unspecified atom stereocenters. The summed E-state index contributed by atoms with van der Waals surface area (Å²) >= 11 is 0. The third-order valence-electron chi connectivity index (χ3n) is 9.99. The lowest BCUT2D eigenvalue weighted by atomic mass is 10.0. The van der Waals surface area contributed by atoms with Gasteiger partial charge in [-0.1, -0.05) is 30.3 Å². The van der Waals surface area contributed by atoms with Crippen molar-refractivity contribution in [2.24, 2.45) is 0 Å². The van der Waals surface area contributed by atoms with Gasteiger partial charge in [0.25, 0.3) is 11.8 Å². The number of hydrogen-bond acceptors (Lipinski definition) is 9. The van der Waals surface area contributed by atoms with Crippen LogP contribution in [0.4, 0.5) is 22.0 Å². The minimum absolute atomic E-state index is 0.150. The molecule has 5 heterocycles. The maximum absolute atomic E-state index is 13.3. The summed E-state index contributed by atoms with van der Waals surface area (Å²) < 4.78 is 5.54. The number of carbonyl (C=O) groups is 4. The van der Waals surface area contributed by atoms with Crippen molar-refractivity contribution >= 4 is 40.9 Å². The van der Waals surface area contributed by atoms with Gasteiger partial charge in [0.15, 0.2) is 11.9 Å². The molecule has 0 spiro atoms. The average molecular weight is 692 g/mol. The van der Waals surface area contributed by atoms with Crippen LogP contribution in [0, 0.1) is 0 Å². The van der Waals surface area contributed by atoms with Crippen LogP contribution in [0.25, 0.3) is 0 Å². The van der Waals surface area contributed by atoms with Crippen molar-refractivity contribution in [1.29, 1.82) is 0 Å². The fourth-order valence-electron chi connectivity index (χ4n) is 7.12. The third-order valence-corrected chi connectivity index (χ3v) is 9.99. The van der Waals surface area contributed by atoms with E-state index >= 15 is 0 Å². The van der Waals surface area contributed by atoms with E-state index in [-0.39, 0.29) is 24.1 Å². The van der Waals surface area contributed by atoms with Gasteiger partial charge in [0.1, 0.15) is 0 Å². The van der Waals surface area contributed by atoms with Gasteiger partial charge in [-0.15, -0.1) is 0 Å². The van der Waals surface area contributed by atoms with Crippen LogP contribution in [0.1, 0.15) is 58.1 Å². The Morgan fingerprint density at radius 3 is 2.51 bits per heavy atom. The van der Waals surface area contributed by atoms with Gasteiger partial charge in [-0.05, 0) is 61.3 Å². The molecule has 5 amide bonds. The SMILES string of the molecule is CO[C@@H](C(=O)N1Cc2[nH]nc(NC(=O)c3ccc(N4CCC(N(C)Cc5ccncc5N5CCC(=O)NC5=O)CC4)cc3)c2C1)c1ccccc1. The molecule has 0 aliphatic carbocycles. The number of aromatic amines is 1. The fourth-order valence-corrected chi connectivity index (χ4v) is 7.12. The Kier molecular flexibility index (Phi) is 9.77. The van der Waals surface area contributed by atoms with E-state index in [0.717, 1.165) is 59.7 Å². The number of rotatable bonds is 10. The first-order valence-electron chi connectivity index (χ1n) is 17.1. The maximum Gasteiger partial charge on any atom is 0.328 e. The largest absolute Gasteiger partial charge is 0.371 e. The number of urea groups is 1. The van der Waals surface area contributed by atoms with Crippen LogP contribution >= 0.6 is 0 Å². The number of fused-ring (bicyclic) bond motifs is 1. The summed E-state index contributed by atoms with van der Waals surface area (Å²) in [4.78, 5) is 62.9. The van der Waals surface area contributed by atoms with Gasteiger partial charge in [-0.2, -0.15) is 5.10 Å². The van der Waals surface area contributed by atoms with Crippen molar-refractivity contribution in [2.75, 3.05) is 48.9 Å². The molecule has 0 bridgehead atoms. The zero-order valence-electron chi connectivity index (χ0n) is 28.7. The predicted octanol–water partition coefficient (Wildman–Crippen LogP) is 3.83. The Balaban J connectivity index is 0.916. The van der Waals surface area contributed by atoms with E-state index in [2.05, 4.69) is 42.7 Å². The van der Waals surface area contributed by atoms with Gasteiger partial charge in [0, 0.05) is 68.8 Å². The number of benzene rings is 2. The lowest BCUT2D eigenvalue weighted by molar-refractivity contribution is -0.143. The number of hydrogen-bond donors (Lipinski definition) is 3. The number of imide groups is 1. The summed E-state index contributed by atoms with van der Waals surface area (Å²) in [7, 11) is 3.63. The van der Waals surface area contributed by atoms with E-state index in [1.54, 1.807) is 22.2 Å². The number of carbonyl (C=O) groups excluding carboxylic acids is 4. The van der Waals surface area contributed by atoms with E-state index in [0.29, 0.717) is 43.6 Å². The van der Waals surface area contributed by atoms with Crippen LogP contribution in [0.3, 0.4) is 0 Å². The molecule has 264 valence electrons. The number of pyridine rings is 1. The summed E-state index contributed by atoms with van der Waals surface area (Å²) in [5, 5.41) is 12.6. The number of ether oxygens (including phenoxy) is 1. The van der Waals surface area contributed by atoms with Gasteiger partial charge in [-0.3, -0.25) is 39.6 Å². The van der Waals surface area contributed by atoms with Crippen molar-refractivity contribution in [3.8, 4) is 0 Å². The highest BCUT2D eigenvalue weighted by atomic mass is 16.5. The molecule has 1 atom stereocenters. The molecule has 3 aliphatic rings. The molecule has 0 radical (unpaired) electrons. The van der Waals surface area contributed by atoms with Crippen molar-refractivity contribution in [3.63, 3.8) is 0 Å². The quantitative estimate of drug-likeness (QED) is 0.225. The molecular formula is C37H41N9O5. The highest BCUT2D eigenvalue weighted by Gasteiger charge is 2.34. The third kappa shape index (κ3) is 7.19. The minimum Gasteiger partial charge on any atom is -0.371 e. The number of anilines is 3. The topological polar surface area (TPSA) is 156 Å². The molecular weight excluding hydrogens is 650 g/mol. The minimum atomic E-state index is -0.711. The van der Waals surface area contributed by atoms with E-state index in [1.165, 1.54) is 7.11 Å². The molecule has 14 heteroatoms. The lowest BCUT2D eigenvalue weighted by Crippen LogP contribution is -2.50. The first kappa shape index (κ1) is 33.9. The van der Waals surface area contributed by atoms with E-state index in [4.69, 9.17) is 4.74 Å². The van der Waals surface area contributed by atoms with Crippen LogP contribution in [0.2, 0.25) is 0 Å². The molecule has 2 aromatic carbocycles. The van der Waals surface area contributed by atoms with Crippen LogP contribution in [0.15, 0.2) is 73.1 Å². The van der Waals surface area contributed by atoms with Gasteiger partial charge >= 0.3 is 6.03 Å². The number of methoxy groups -OCH3 is 1. The highest BCUT2D eigenvalue weighted by Crippen LogP contribution is 2.31. The molecule has 0 saturated carbocycles. The second-order valence-corrected chi connectivity index (χ2v) is 13.1. The molecule has 7 rings (SSSR count). The molecule has 3 N–H and O–H groups in total. The standard InChI is InChI=1S/C37H41N9O5/c1-43(21-26-12-16-38-20-31(26)46-19-15-32(47)39-37(46)50)27-13-17-44(18-14-27)28-10-8-25(9-11-28)35(48)40-34-29-22-45(23-30(29)41-42-34)36(49)33(51-2)24-6-4-3-5-7-24/h3-12,16,20,27,33H,13-15,17-19,21-23H2,1-2H3,(H,39,47,50)(H2,40,41,42,48)/t33-/m1/s1. The second kappa shape index (κ2) is 14.7. The van der Waals surface area contributed by atoms with E-state index < -0.39 is 12.1 Å². The Labute approximate surface area is 295 Å². The summed E-state index contributed by atoms with van der Waals surface area (Å²) in [6, 6.07) is 18.8. The van der Waals surface area contributed by atoms with Gasteiger partial charge < -0.3 is 19.9 Å². The van der Waals surface area contributed by atoms with Crippen molar-refractivity contribution in [3.05, 3.63) is 101 Å². The summed E-state index contributed by atoms with van der Waals surface area (Å²) in [6.45, 7) is 3.39. The van der Waals surface area contributed by atoms with Crippen LogP contribution in [0.5, 0.6) is 0 Å². The number of aromatic nitrogens is 3. The van der Waals surface area contributed by atoms with Gasteiger partial charge in [-0.25, -0.2) is 4.79 Å². The molecule has 4 aromatic rings. The fraction of sp³-hybridized carbons (Fsp3) is 0.351. The van der Waals surface area contributed by atoms with E-state index in [1.807, 2.05) is 60.7 Å². The van der Waals surface area contributed by atoms with E-state index in [9.17, 15) is 19.2 Å². The first-order valence-corrected chi connectivity index (χ1v) is 17.1. The number of H-pyrrole nitrogens is 1. The summed E-state index contributed by atoms with van der Waals surface area (Å²) in [5.74, 6) is -0.266. The average Bonchev–Trinajstić information content (AvgIpc) is 3.75. The molecule has 51 heavy (non-hydrogen) atoms. The zero-order valence-corrected chi connectivity index (χ0v) is 28.7. The van der Waals surface area contributed by atoms with Crippen molar-refractivity contribution in [1.82, 2.24) is 30.3 Å². The molecule has 2 saturated heterocycles. The van der Waals surface area contributed by atoms with Crippen LogP contribution in [-0.2, 0) is 34.0 Å². The number of piperidine rings is 1. The molecule has 14 nitrogen and oxygen atoms in total. The zero-order chi connectivity index (χ0) is 35.5. The normalized spacial score (nSPS) is 17.0. The van der Waals surface area contributed by atoms with Crippen molar-refractivity contribution < 1.29 is 23.9 Å². The van der Waals surface area contributed by atoms with Crippen molar-refractivity contribution in [2.45, 2.75) is 51.0 Å². The van der Waals surface area contributed by atoms with Gasteiger partial charge in [0.05, 0.1) is 30.7 Å². The van der Waals surface area contributed by atoms with Crippen LogP contribution in [-0.4, -0.2) is 88.6 Å². The first-order chi connectivity index (χ1) is 24.8. The lowest BCUT2D eigenvalue weighted by Gasteiger charge is -2.38. The second-order valence-electron chi connectivity index (χ2n) is 13.1. The smallest absolute Gasteiger partial charge is 0.328 e. The predicted molar refractivity (Wildman–Crippen MR) is 190 cm³/mol. The molecule has 2 fully saturated rings. The summed E-state index contributed by atoms with van der Waals surface area (Å²) in [6.07, 6.45) is 4.88. The monoisotopic (exact) mass is 691 g/mol. The maximum atomic E-state index is 13.3. The molecule has 2 aromatic heterocycles. The Hall–Kier alpha value is -5.60. The number of nitrogens with one attached hydrogen (secondary N) is 3. The number of amides is 5. The Bertz CT molecular complexity index is 1910. The molecule has 3 aliphatic heterocycles. The number of nitrogens with zero attached hydrogens (tertiary/aromatic N) is 6. The summed E-state index contributed by atoms with van der Waals surface area (Å²) in [5.41, 5.74) is 5.64. The Morgan fingerprint density at radius 1 is 1.02 bits per heavy atom. The highest BCUT2D eigenvalue weighted by molar-refractivity contribution is 6.06. The van der Waals surface area contributed by atoms with Crippen LogP contribution < -0.4 is 20.4 Å².